The Bertz CT molecular complexity index is 412. The van der Waals surface area contributed by atoms with Crippen molar-refractivity contribution in [3.05, 3.63) is 29.8 Å². The highest BCUT2D eigenvalue weighted by Crippen LogP contribution is 2.21. The summed E-state index contributed by atoms with van der Waals surface area (Å²) in [7, 11) is -1.54. The summed E-state index contributed by atoms with van der Waals surface area (Å²) in [5.41, 5.74) is 1.10. The van der Waals surface area contributed by atoms with Gasteiger partial charge in [-0.05, 0) is 37.3 Å². The number of hydrogen-bond donors (Lipinski definition) is 2. The van der Waals surface area contributed by atoms with Gasteiger partial charge < -0.3 is 15.1 Å². The molecule has 1 aliphatic heterocycles. The molecule has 4 nitrogen and oxygen atoms in total. The van der Waals surface area contributed by atoms with Crippen LogP contribution in [0.25, 0.3) is 0 Å². The molecule has 1 atom stereocenters. The first-order valence-corrected chi connectivity index (χ1v) is 9.18. The zero-order valence-corrected chi connectivity index (χ0v) is 11.4. The number of benzene rings is 1. The van der Waals surface area contributed by atoms with Crippen molar-refractivity contribution in [2.45, 2.75) is 25.7 Å². The molecule has 1 saturated heterocycles. The molecule has 17 heavy (non-hydrogen) atoms. The first-order valence-electron chi connectivity index (χ1n) is 5.77. The Morgan fingerprint density at radius 3 is 2.35 bits per heavy atom. The molecule has 2 N–H and O–H groups in total. The van der Waals surface area contributed by atoms with E-state index < -0.39 is 8.32 Å². The zero-order chi connectivity index (χ0) is 12.5. The molecule has 1 aromatic rings. The first kappa shape index (κ1) is 12.0. The zero-order valence-electron chi connectivity index (χ0n) is 10.4. The molecule has 1 aliphatic rings. The minimum absolute atomic E-state index is 0.0726. The Kier molecular flexibility index (Phi) is 3.10. The van der Waals surface area contributed by atoms with Crippen LogP contribution in [-0.2, 0) is 0 Å². The molecule has 1 aromatic carbocycles. The quantitative estimate of drug-likeness (QED) is 0.808. The maximum Gasteiger partial charge on any atom is 0.315 e. The molecule has 0 unspecified atom stereocenters. The van der Waals surface area contributed by atoms with E-state index >= 15 is 0 Å². The van der Waals surface area contributed by atoms with Gasteiger partial charge in [-0.2, -0.15) is 0 Å². The largest absolute Gasteiger partial charge is 0.544 e. The molecule has 2 amide bonds. The molecule has 0 radical (unpaired) electrons. The Morgan fingerprint density at radius 1 is 1.24 bits per heavy atom. The van der Waals surface area contributed by atoms with Crippen LogP contribution < -0.4 is 15.1 Å². The standard InChI is InChI=1S/C12H18N2O2Si/c1-17(2,3)16-10-6-4-9(5-7-10)11-8-13-12(15)14-11/h4-7,11H,8H2,1-3H3,(H2,13,14,15)/t11-/m1/s1. The second kappa shape index (κ2) is 4.41. The van der Waals surface area contributed by atoms with Gasteiger partial charge in [-0.3, -0.25) is 0 Å². The fourth-order valence-corrected chi connectivity index (χ4v) is 2.62. The van der Waals surface area contributed by atoms with E-state index in [-0.39, 0.29) is 12.1 Å². The van der Waals surface area contributed by atoms with Crippen molar-refractivity contribution in [3.8, 4) is 5.75 Å². The third-order valence-electron chi connectivity index (χ3n) is 2.48. The number of nitrogens with one attached hydrogen (secondary N) is 2. The first-order chi connectivity index (χ1) is 7.94. The molecule has 0 aromatic heterocycles. The molecule has 0 spiro atoms. The second-order valence-corrected chi connectivity index (χ2v) is 9.62. The summed E-state index contributed by atoms with van der Waals surface area (Å²) in [6.07, 6.45) is 0. The van der Waals surface area contributed by atoms with E-state index in [2.05, 4.69) is 30.3 Å². The van der Waals surface area contributed by atoms with Crippen LogP contribution in [0.5, 0.6) is 5.75 Å². The molecule has 5 heteroatoms. The monoisotopic (exact) mass is 250 g/mol. The van der Waals surface area contributed by atoms with Crippen molar-refractivity contribution in [3.63, 3.8) is 0 Å². The van der Waals surface area contributed by atoms with E-state index in [9.17, 15) is 4.79 Å². The van der Waals surface area contributed by atoms with Crippen molar-refractivity contribution in [2.24, 2.45) is 0 Å². The van der Waals surface area contributed by atoms with Crippen LogP contribution in [0.3, 0.4) is 0 Å². The highest BCUT2D eigenvalue weighted by atomic mass is 28.4. The number of urea groups is 1. The summed E-state index contributed by atoms with van der Waals surface area (Å²) < 4.78 is 5.88. The average Bonchev–Trinajstić information content (AvgIpc) is 2.63. The molecule has 0 bridgehead atoms. The fraction of sp³-hybridized carbons (Fsp3) is 0.417. The minimum Gasteiger partial charge on any atom is -0.544 e. The van der Waals surface area contributed by atoms with E-state index in [1.807, 2.05) is 24.3 Å². The van der Waals surface area contributed by atoms with Crippen LogP contribution in [-0.4, -0.2) is 20.9 Å². The lowest BCUT2D eigenvalue weighted by atomic mass is 10.1. The lowest BCUT2D eigenvalue weighted by molar-refractivity contribution is 0.247. The number of rotatable bonds is 3. The minimum atomic E-state index is -1.54. The van der Waals surface area contributed by atoms with Crippen molar-refractivity contribution in [1.29, 1.82) is 0 Å². The summed E-state index contributed by atoms with van der Waals surface area (Å²) in [5.74, 6) is 0.908. The summed E-state index contributed by atoms with van der Waals surface area (Å²) in [5, 5.41) is 5.60. The van der Waals surface area contributed by atoms with E-state index in [1.54, 1.807) is 0 Å². The van der Waals surface area contributed by atoms with Gasteiger partial charge in [-0.25, -0.2) is 4.79 Å². The van der Waals surface area contributed by atoms with Crippen molar-refractivity contribution in [2.75, 3.05) is 6.54 Å². The van der Waals surface area contributed by atoms with Gasteiger partial charge in [0.05, 0.1) is 6.04 Å². The van der Waals surface area contributed by atoms with Crippen LogP contribution >= 0.6 is 0 Å². The van der Waals surface area contributed by atoms with Crippen LogP contribution in [0.2, 0.25) is 19.6 Å². The third-order valence-corrected chi connectivity index (χ3v) is 3.33. The topological polar surface area (TPSA) is 50.4 Å². The molecule has 0 saturated carbocycles. The average molecular weight is 250 g/mol. The van der Waals surface area contributed by atoms with Crippen LogP contribution in [0.15, 0.2) is 24.3 Å². The molecule has 1 heterocycles. The molecule has 1 fully saturated rings. The van der Waals surface area contributed by atoms with Gasteiger partial charge in [-0.1, -0.05) is 12.1 Å². The number of hydrogen-bond acceptors (Lipinski definition) is 2. The van der Waals surface area contributed by atoms with Crippen molar-refractivity contribution in [1.82, 2.24) is 10.6 Å². The highest BCUT2D eigenvalue weighted by Gasteiger charge is 2.21. The highest BCUT2D eigenvalue weighted by molar-refractivity contribution is 6.70. The normalized spacial score (nSPS) is 19.7. The van der Waals surface area contributed by atoms with Crippen molar-refractivity contribution >= 4 is 14.3 Å². The summed E-state index contributed by atoms with van der Waals surface area (Å²) >= 11 is 0. The third kappa shape index (κ3) is 3.23. The van der Waals surface area contributed by atoms with Crippen LogP contribution in [0, 0.1) is 0 Å². The maximum absolute atomic E-state index is 11.0. The Hall–Kier alpha value is -1.49. The number of carbonyl (C=O) groups excluding carboxylic acids is 1. The molecule has 2 rings (SSSR count). The van der Waals surface area contributed by atoms with Gasteiger partial charge in [0, 0.05) is 6.54 Å². The van der Waals surface area contributed by atoms with Gasteiger partial charge in [0.15, 0.2) is 0 Å². The molecule has 0 aliphatic carbocycles. The number of amides is 2. The van der Waals surface area contributed by atoms with Crippen LogP contribution in [0.1, 0.15) is 11.6 Å². The summed E-state index contributed by atoms with van der Waals surface area (Å²) in [4.78, 5) is 11.0. The Balaban J connectivity index is 2.05. The predicted octanol–water partition coefficient (Wildman–Crippen LogP) is 2.25. The lowest BCUT2D eigenvalue weighted by Gasteiger charge is -2.19. The van der Waals surface area contributed by atoms with E-state index in [0.717, 1.165) is 11.3 Å². The molecular weight excluding hydrogens is 232 g/mol. The second-order valence-electron chi connectivity index (χ2n) is 5.19. The van der Waals surface area contributed by atoms with Crippen molar-refractivity contribution < 1.29 is 9.22 Å². The predicted molar refractivity (Wildman–Crippen MR) is 69.7 cm³/mol. The fourth-order valence-electron chi connectivity index (χ4n) is 1.78. The van der Waals surface area contributed by atoms with Gasteiger partial charge in [0.1, 0.15) is 5.75 Å². The van der Waals surface area contributed by atoms with Gasteiger partial charge in [0.25, 0.3) is 0 Å². The smallest absolute Gasteiger partial charge is 0.315 e. The molecular formula is C12H18N2O2Si. The molecule has 92 valence electrons. The Labute approximate surface area is 102 Å². The van der Waals surface area contributed by atoms with Gasteiger partial charge in [-0.15, -0.1) is 0 Å². The maximum atomic E-state index is 11.0. The number of carbonyl (C=O) groups is 1. The van der Waals surface area contributed by atoms with Crippen LogP contribution in [0.4, 0.5) is 4.79 Å². The van der Waals surface area contributed by atoms with E-state index in [1.165, 1.54) is 0 Å². The van der Waals surface area contributed by atoms with Gasteiger partial charge in [0.2, 0.25) is 8.32 Å². The summed E-state index contributed by atoms with van der Waals surface area (Å²) in [6.45, 7) is 7.11. The van der Waals surface area contributed by atoms with Gasteiger partial charge >= 0.3 is 6.03 Å². The SMILES string of the molecule is C[Si](C)(C)Oc1ccc([C@H]2CNC(=O)N2)cc1. The lowest BCUT2D eigenvalue weighted by Crippen LogP contribution is -2.29. The Morgan fingerprint density at radius 2 is 1.88 bits per heavy atom. The summed E-state index contributed by atoms with van der Waals surface area (Å²) in [6, 6.07) is 7.93. The van der Waals surface area contributed by atoms with E-state index in [4.69, 9.17) is 4.43 Å². The van der Waals surface area contributed by atoms with E-state index in [0.29, 0.717) is 6.54 Å².